The number of rotatable bonds is 2. The molecular formula is C14H9ClIN3S. The first-order chi connectivity index (χ1) is 9.65. The second-order valence-electron chi connectivity index (χ2n) is 4.09. The fourth-order valence-corrected chi connectivity index (χ4v) is 3.35. The first kappa shape index (κ1) is 13.8. The van der Waals surface area contributed by atoms with Gasteiger partial charge in [-0.2, -0.15) is 0 Å². The van der Waals surface area contributed by atoms with Crippen molar-refractivity contribution in [1.82, 2.24) is 9.97 Å². The van der Waals surface area contributed by atoms with Crippen LogP contribution in [0.2, 0.25) is 5.02 Å². The zero-order valence-electron chi connectivity index (χ0n) is 10.2. The van der Waals surface area contributed by atoms with Gasteiger partial charge in [0, 0.05) is 10.9 Å². The van der Waals surface area contributed by atoms with E-state index in [0.29, 0.717) is 16.7 Å². The average Bonchev–Trinajstić information content (AvgIpc) is 2.89. The molecule has 0 fully saturated rings. The van der Waals surface area contributed by atoms with Crippen molar-refractivity contribution in [3.05, 3.63) is 50.4 Å². The van der Waals surface area contributed by atoms with Gasteiger partial charge in [0.05, 0.1) is 19.2 Å². The molecule has 0 saturated heterocycles. The standard InChI is InChI=1S/C14H9ClIN3S/c15-9-6-10(20-7-9)14-18-12(11(16)13(17)19-14)8-4-2-1-3-5-8/h1-7H,(H2,17,18,19). The molecule has 2 N–H and O–H groups in total. The average molecular weight is 414 g/mol. The quantitative estimate of drug-likeness (QED) is 0.619. The van der Waals surface area contributed by atoms with Crippen LogP contribution in [0.25, 0.3) is 22.0 Å². The molecule has 0 aliphatic rings. The fourth-order valence-electron chi connectivity index (χ4n) is 1.79. The van der Waals surface area contributed by atoms with Crippen molar-refractivity contribution < 1.29 is 0 Å². The number of nitrogens with zero attached hydrogens (tertiary/aromatic N) is 2. The van der Waals surface area contributed by atoms with Crippen LogP contribution in [-0.2, 0) is 0 Å². The van der Waals surface area contributed by atoms with Crippen molar-refractivity contribution >= 4 is 51.3 Å². The van der Waals surface area contributed by atoms with Gasteiger partial charge >= 0.3 is 0 Å². The lowest BCUT2D eigenvalue weighted by Crippen LogP contribution is -2.01. The predicted molar refractivity (Wildman–Crippen MR) is 92.9 cm³/mol. The molecule has 2 aromatic heterocycles. The number of nitrogens with two attached hydrogens (primary N) is 1. The van der Waals surface area contributed by atoms with E-state index in [9.17, 15) is 0 Å². The first-order valence-electron chi connectivity index (χ1n) is 5.78. The number of anilines is 1. The third-order valence-corrected chi connectivity index (χ3v) is 5.05. The lowest BCUT2D eigenvalue weighted by Gasteiger charge is -2.08. The molecule has 0 unspecified atom stereocenters. The molecule has 1 aromatic carbocycles. The van der Waals surface area contributed by atoms with Gasteiger partial charge in [-0.05, 0) is 28.7 Å². The summed E-state index contributed by atoms with van der Waals surface area (Å²) in [5, 5.41) is 2.54. The van der Waals surface area contributed by atoms with Gasteiger partial charge in [0.15, 0.2) is 5.82 Å². The highest BCUT2D eigenvalue weighted by Gasteiger charge is 2.14. The van der Waals surface area contributed by atoms with Gasteiger partial charge in [0.25, 0.3) is 0 Å². The Labute approximate surface area is 139 Å². The SMILES string of the molecule is Nc1nc(-c2cc(Cl)cs2)nc(-c2ccccc2)c1I. The van der Waals surface area contributed by atoms with Crippen LogP contribution in [0.3, 0.4) is 0 Å². The van der Waals surface area contributed by atoms with Gasteiger partial charge < -0.3 is 5.73 Å². The maximum absolute atomic E-state index is 6.02. The minimum Gasteiger partial charge on any atom is -0.383 e. The van der Waals surface area contributed by atoms with Gasteiger partial charge in [-0.15, -0.1) is 11.3 Å². The maximum atomic E-state index is 6.02. The highest BCUT2D eigenvalue weighted by atomic mass is 127. The van der Waals surface area contributed by atoms with E-state index < -0.39 is 0 Å². The molecule has 0 saturated carbocycles. The van der Waals surface area contributed by atoms with E-state index in [1.54, 1.807) is 0 Å². The van der Waals surface area contributed by atoms with Crippen molar-refractivity contribution in [1.29, 1.82) is 0 Å². The van der Waals surface area contributed by atoms with Crippen molar-refractivity contribution in [3.63, 3.8) is 0 Å². The van der Waals surface area contributed by atoms with Crippen LogP contribution in [0.4, 0.5) is 5.82 Å². The van der Waals surface area contributed by atoms with E-state index in [-0.39, 0.29) is 0 Å². The van der Waals surface area contributed by atoms with E-state index in [1.807, 2.05) is 41.8 Å². The molecule has 3 rings (SSSR count). The molecule has 0 bridgehead atoms. The Morgan fingerprint density at radius 3 is 2.55 bits per heavy atom. The molecule has 3 nitrogen and oxygen atoms in total. The molecule has 100 valence electrons. The zero-order valence-corrected chi connectivity index (χ0v) is 13.9. The first-order valence-corrected chi connectivity index (χ1v) is 8.11. The third-order valence-electron chi connectivity index (χ3n) is 2.71. The number of nitrogen functional groups attached to an aromatic ring is 1. The van der Waals surface area contributed by atoms with Crippen LogP contribution in [-0.4, -0.2) is 9.97 Å². The van der Waals surface area contributed by atoms with Crippen LogP contribution in [0.1, 0.15) is 0 Å². The molecule has 0 radical (unpaired) electrons. The van der Waals surface area contributed by atoms with Crippen molar-refractivity contribution in [2.75, 3.05) is 5.73 Å². The van der Waals surface area contributed by atoms with Crippen molar-refractivity contribution in [2.24, 2.45) is 0 Å². The Balaban J connectivity index is 2.18. The maximum Gasteiger partial charge on any atom is 0.172 e. The van der Waals surface area contributed by atoms with E-state index >= 15 is 0 Å². The molecule has 0 aliphatic heterocycles. The number of benzene rings is 1. The number of hydrogen-bond acceptors (Lipinski definition) is 4. The largest absolute Gasteiger partial charge is 0.383 e. The normalized spacial score (nSPS) is 10.7. The summed E-state index contributed by atoms with van der Waals surface area (Å²) in [6, 6.07) is 11.8. The smallest absolute Gasteiger partial charge is 0.172 e. The molecule has 0 spiro atoms. The second-order valence-corrected chi connectivity index (χ2v) is 6.52. The summed E-state index contributed by atoms with van der Waals surface area (Å²) in [5.41, 5.74) is 7.88. The van der Waals surface area contributed by atoms with Crippen LogP contribution in [0, 0.1) is 3.57 Å². The molecule has 20 heavy (non-hydrogen) atoms. The van der Waals surface area contributed by atoms with Crippen LogP contribution >= 0.6 is 45.5 Å². The summed E-state index contributed by atoms with van der Waals surface area (Å²) < 4.78 is 0.861. The van der Waals surface area contributed by atoms with Crippen LogP contribution in [0.15, 0.2) is 41.8 Å². The molecule has 3 aromatic rings. The summed E-state index contributed by atoms with van der Waals surface area (Å²) in [6.07, 6.45) is 0. The number of hydrogen-bond donors (Lipinski definition) is 1. The summed E-state index contributed by atoms with van der Waals surface area (Å²) in [6.45, 7) is 0. The van der Waals surface area contributed by atoms with Gasteiger partial charge in [0.1, 0.15) is 5.82 Å². The molecule has 2 heterocycles. The minimum atomic E-state index is 0.485. The number of thiophene rings is 1. The van der Waals surface area contributed by atoms with Crippen LogP contribution < -0.4 is 5.73 Å². The van der Waals surface area contributed by atoms with Crippen LogP contribution in [0.5, 0.6) is 0 Å². The lowest BCUT2D eigenvalue weighted by molar-refractivity contribution is 1.18. The second kappa shape index (κ2) is 5.67. The highest BCUT2D eigenvalue weighted by molar-refractivity contribution is 14.1. The Bertz CT molecular complexity index is 758. The Hall–Kier alpha value is -1.18. The Morgan fingerprint density at radius 2 is 1.90 bits per heavy atom. The van der Waals surface area contributed by atoms with Gasteiger partial charge in [0.2, 0.25) is 0 Å². The molecule has 6 heteroatoms. The van der Waals surface area contributed by atoms with E-state index in [1.165, 1.54) is 11.3 Å². The summed E-state index contributed by atoms with van der Waals surface area (Å²) in [5.74, 6) is 1.10. The highest BCUT2D eigenvalue weighted by Crippen LogP contribution is 2.32. The minimum absolute atomic E-state index is 0.485. The van der Waals surface area contributed by atoms with E-state index in [2.05, 4.69) is 32.6 Å². The monoisotopic (exact) mass is 413 g/mol. The Morgan fingerprint density at radius 1 is 1.15 bits per heavy atom. The van der Waals surface area contributed by atoms with Gasteiger partial charge in [-0.1, -0.05) is 41.9 Å². The lowest BCUT2D eigenvalue weighted by atomic mass is 10.1. The predicted octanol–water partition coefficient (Wildman–Crippen LogP) is 4.71. The zero-order chi connectivity index (χ0) is 14.1. The molecule has 0 aliphatic carbocycles. The third kappa shape index (κ3) is 2.65. The summed E-state index contributed by atoms with van der Waals surface area (Å²) in [4.78, 5) is 9.91. The topological polar surface area (TPSA) is 51.8 Å². The number of aromatic nitrogens is 2. The van der Waals surface area contributed by atoms with Crippen molar-refractivity contribution in [3.8, 4) is 22.0 Å². The van der Waals surface area contributed by atoms with Gasteiger partial charge in [-0.3, -0.25) is 0 Å². The summed E-state index contributed by atoms with van der Waals surface area (Å²) in [7, 11) is 0. The molecular weight excluding hydrogens is 405 g/mol. The summed E-state index contributed by atoms with van der Waals surface area (Å²) >= 11 is 9.64. The molecule has 0 atom stereocenters. The van der Waals surface area contributed by atoms with E-state index in [4.69, 9.17) is 17.3 Å². The fraction of sp³-hybridized carbons (Fsp3) is 0. The van der Waals surface area contributed by atoms with Gasteiger partial charge in [-0.25, -0.2) is 9.97 Å². The Kier molecular flexibility index (Phi) is 3.91. The van der Waals surface area contributed by atoms with E-state index in [0.717, 1.165) is 19.7 Å². The van der Waals surface area contributed by atoms with Crippen molar-refractivity contribution in [2.45, 2.75) is 0 Å². The number of halogens is 2. The molecule has 0 amide bonds.